The number of hydrogen-bond donors (Lipinski definition) is 4. The predicted molar refractivity (Wildman–Crippen MR) is 121 cm³/mol. The summed E-state index contributed by atoms with van der Waals surface area (Å²) >= 11 is 0. The first-order chi connectivity index (χ1) is 15.5. The van der Waals surface area contributed by atoms with Crippen LogP contribution >= 0.6 is 0 Å². The normalized spacial score (nSPS) is 16.5. The summed E-state index contributed by atoms with van der Waals surface area (Å²) < 4.78 is 0. The standard InChI is InChI=1S/C24H34N4O4/c29-21(17-5-1-2-6-17)25-13-15-27-23(31)19-9-11-20(12-10-19)24(32)28-16-14-26-22(30)18-7-3-4-8-18/h9-12,17-18H,1-8,13-16H2,(H,25,29)(H,26,30)(H,27,31)(H,28,32). The smallest absolute Gasteiger partial charge is 0.251 e. The lowest BCUT2D eigenvalue weighted by Gasteiger charge is -2.11. The van der Waals surface area contributed by atoms with Gasteiger partial charge >= 0.3 is 0 Å². The van der Waals surface area contributed by atoms with Crippen molar-refractivity contribution in [2.75, 3.05) is 26.2 Å². The Hall–Kier alpha value is -2.90. The number of benzene rings is 1. The molecule has 0 spiro atoms. The Labute approximate surface area is 189 Å². The predicted octanol–water partition coefficient (Wildman–Crippen LogP) is 1.76. The first kappa shape index (κ1) is 23.8. The first-order valence-electron chi connectivity index (χ1n) is 11.8. The molecule has 0 aromatic heterocycles. The topological polar surface area (TPSA) is 116 Å². The number of hydrogen-bond acceptors (Lipinski definition) is 4. The van der Waals surface area contributed by atoms with Crippen molar-refractivity contribution in [3.05, 3.63) is 35.4 Å². The monoisotopic (exact) mass is 442 g/mol. The maximum Gasteiger partial charge on any atom is 0.251 e. The van der Waals surface area contributed by atoms with E-state index in [-0.39, 0.29) is 35.5 Å². The Morgan fingerprint density at radius 3 is 1.22 bits per heavy atom. The third-order valence-electron chi connectivity index (χ3n) is 6.28. The summed E-state index contributed by atoms with van der Waals surface area (Å²) in [5, 5.41) is 11.3. The molecular weight excluding hydrogens is 408 g/mol. The molecule has 1 aromatic rings. The first-order valence-corrected chi connectivity index (χ1v) is 11.8. The van der Waals surface area contributed by atoms with E-state index in [1.165, 1.54) is 0 Å². The lowest BCUT2D eigenvalue weighted by molar-refractivity contribution is -0.125. The maximum atomic E-state index is 12.2. The van der Waals surface area contributed by atoms with Gasteiger partial charge < -0.3 is 21.3 Å². The molecule has 174 valence electrons. The van der Waals surface area contributed by atoms with Gasteiger partial charge in [0.2, 0.25) is 11.8 Å². The number of amides is 4. The van der Waals surface area contributed by atoms with Crippen LogP contribution in [0.5, 0.6) is 0 Å². The minimum absolute atomic E-state index is 0.0743. The average molecular weight is 443 g/mol. The van der Waals surface area contributed by atoms with Crippen LogP contribution in [-0.2, 0) is 9.59 Å². The quantitative estimate of drug-likeness (QED) is 0.413. The van der Waals surface area contributed by atoms with Crippen molar-refractivity contribution in [1.29, 1.82) is 0 Å². The molecule has 2 saturated carbocycles. The fourth-order valence-electron chi connectivity index (χ4n) is 4.37. The number of carbonyl (C=O) groups is 4. The summed E-state index contributed by atoms with van der Waals surface area (Å²) in [5.41, 5.74) is 0.903. The molecule has 0 unspecified atom stereocenters. The van der Waals surface area contributed by atoms with Gasteiger partial charge in [-0.3, -0.25) is 19.2 Å². The summed E-state index contributed by atoms with van der Waals surface area (Å²) in [6, 6.07) is 6.40. The van der Waals surface area contributed by atoms with Crippen LogP contribution in [0.4, 0.5) is 0 Å². The van der Waals surface area contributed by atoms with Crippen LogP contribution in [0.25, 0.3) is 0 Å². The Morgan fingerprint density at radius 1 is 0.562 bits per heavy atom. The Kier molecular flexibility index (Phi) is 9.07. The van der Waals surface area contributed by atoms with Crippen LogP contribution < -0.4 is 21.3 Å². The van der Waals surface area contributed by atoms with E-state index in [0.717, 1.165) is 51.4 Å². The third kappa shape index (κ3) is 7.07. The van der Waals surface area contributed by atoms with Crippen molar-refractivity contribution in [2.45, 2.75) is 51.4 Å². The van der Waals surface area contributed by atoms with E-state index in [2.05, 4.69) is 21.3 Å². The fourth-order valence-corrected chi connectivity index (χ4v) is 4.37. The zero-order valence-corrected chi connectivity index (χ0v) is 18.6. The van der Waals surface area contributed by atoms with Gasteiger partial charge in [-0.1, -0.05) is 25.7 Å². The lowest BCUT2D eigenvalue weighted by Crippen LogP contribution is -2.37. The second kappa shape index (κ2) is 12.2. The van der Waals surface area contributed by atoms with E-state index in [9.17, 15) is 19.2 Å². The highest BCUT2D eigenvalue weighted by Crippen LogP contribution is 2.25. The van der Waals surface area contributed by atoms with Gasteiger partial charge in [0.25, 0.3) is 11.8 Å². The molecule has 8 heteroatoms. The molecule has 0 aliphatic heterocycles. The molecule has 0 bridgehead atoms. The van der Waals surface area contributed by atoms with Crippen molar-refractivity contribution in [2.24, 2.45) is 11.8 Å². The van der Waals surface area contributed by atoms with Gasteiger partial charge in [0.1, 0.15) is 0 Å². The van der Waals surface area contributed by atoms with Gasteiger partial charge in [-0.2, -0.15) is 0 Å². The summed E-state index contributed by atoms with van der Waals surface area (Å²) in [5.74, 6) is -0.111. The Morgan fingerprint density at radius 2 is 0.875 bits per heavy atom. The van der Waals surface area contributed by atoms with Crippen molar-refractivity contribution in [3.63, 3.8) is 0 Å². The average Bonchev–Trinajstić information content (AvgIpc) is 3.53. The van der Waals surface area contributed by atoms with E-state index in [1.54, 1.807) is 24.3 Å². The van der Waals surface area contributed by atoms with E-state index in [0.29, 0.717) is 37.3 Å². The molecule has 1 aromatic carbocycles. The van der Waals surface area contributed by atoms with Gasteiger partial charge in [-0.05, 0) is 49.9 Å². The molecule has 4 amide bonds. The van der Waals surface area contributed by atoms with Crippen molar-refractivity contribution < 1.29 is 19.2 Å². The minimum Gasteiger partial charge on any atom is -0.354 e. The Balaban J connectivity index is 1.31. The molecule has 3 rings (SSSR count). The molecule has 2 aliphatic carbocycles. The molecule has 2 aliphatic rings. The van der Waals surface area contributed by atoms with Crippen LogP contribution in [0.1, 0.15) is 72.1 Å². The molecule has 2 fully saturated rings. The van der Waals surface area contributed by atoms with Crippen molar-refractivity contribution >= 4 is 23.6 Å². The van der Waals surface area contributed by atoms with E-state index in [4.69, 9.17) is 0 Å². The number of rotatable bonds is 10. The highest BCUT2D eigenvalue weighted by Gasteiger charge is 2.22. The second-order valence-corrected chi connectivity index (χ2v) is 8.63. The molecule has 0 radical (unpaired) electrons. The molecule has 0 saturated heterocycles. The molecule has 4 N–H and O–H groups in total. The molecule has 0 heterocycles. The molecule has 8 nitrogen and oxygen atoms in total. The van der Waals surface area contributed by atoms with Crippen LogP contribution in [0.15, 0.2) is 24.3 Å². The SMILES string of the molecule is O=C(NCCNC(=O)C1CCCC1)c1ccc(C(=O)NCCNC(=O)C2CCCC2)cc1. The number of nitrogens with one attached hydrogen (secondary N) is 4. The Bertz CT molecular complexity index is 730. The van der Waals surface area contributed by atoms with Crippen LogP contribution in [0.2, 0.25) is 0 Å². The molecular formula is C24H34N4O4. The van der Waals surface area contributed by atoms with Gasteiger partial charge in [-0.25, -0.2) is 0 Å². The zero-order valence-electron chi connectivity index (χ0n) is 18.6. The molecule has 32 heavy (non-hydrogen) atoms. The maximum absolute atomic E-state index is 12.2. The highest BCUT2D eigenvalue weighted by atomic mass is 16.2. The fraction of sp³-hybridized carbons (Fsp3) is 0.583. The number of carbonyl (C=O) groups excluding carboxylic acids is 4. The largest absolute Gasteiger partial charge is 0.354 e. The molecule has 0 atom stereocenters. The van der Waals surface area contributed by atoms with Gasteiger partial charge in [0.15, 0.2) is 0 Å². The van der Waals surface area contributed by atoms with Gasteiger partial charge in [0, 0.05) is 49.1 Å². The summed E-state index contributed by atoms with van der Waals surface area (Å²) in [6.07, 6.45) is 8.25. The van der Waals surface area contributed by atoms with Crippen LogP contribution in [0, 0.1) is 11.8 Å². The van der Waals surface area contributed by atoms with E-state index < -0.39 is 0 Å². The van der Waals surface area contributed by atoms with Crippen molar-refractivity contribution in [3.8, 4) is 0 Å². The highest BCUT2D eigenvalue weighted by molar-refractivity contribution is 5.97. The van der Waals surface area contributed by atoms with E-state index in [1.807, 2.05) is 0 Å². The van der Waals surface area contributed by atoms with E-state index >= 15 is 0 Å². The minimum atomic E-state index is -0.248. The summed E-state index contributed by atoms with van der Waals surface area (Å²) in [7, 11) is 0. The zero-order chi connectivity index (χ0) is 22.8. The van der Waals surface area contributed by atoms with Crippen molar-refractivity contribution in [1.82, 2.24) is 21.3 Å². The van der Waals surface area contributed by atoms with Crippen LogP contribution in [-0.4, -0.2) is 49.8 Å². The van der Waals surface area contributed by atoms with Gasteiger partial charge in [0.05, 0.1) is 0 Å². The summed E-state index contributed by atoms with van der Waals surface area (Å²) in [4.78, 5) is 48.4. The van der Waals surface area contributed by atoms with Gasteiger partial charge in [-0.15, -0.1) is 0 Å². The second-order valence-electron chi connectivity index (χ2n) is 8.63. The summed E-state index contributed by atoms with van der Waals surface area (Å²) in [6.45, 7) is 1.51. The third-order valence-corrected chi connectivity index (χ3v) is 6.28. The lowest BCUT2D eigenvalue weighted by atomic mass is 10.1. The van der Waals surface area contributed by atoms with Crippen LogP contribution in [0.3, 0.4) is 0 Å².